The van der Waals surface area contributed by atoms with Crippen LogP contribution in [0, 0.1) is 0 Å². The van der Waals surface area contributed by atoms with Crippen molar-refractivity contribution in [3.05, 3.63) is 69.1 Å². The average molecular weight is 376 g/mol. The van der Waals surface area contributed by atoms with E-state index in [2.05, 4.69) is 33.8 Å². The zero-order valence-electron chi connectivity index (χ0n) is 15.8. The lowest BCUT2D eigenvalue weighted by Gasteiger charge is -2.11. The number of H-pyrrole nitrogens is 1. The van der Waals surface area contributed by atoms with E-state index in [1.165, 1.54) is 24.0 Å². The van der Waals surface area contributed by atoms with Crippen molar-refractivity contribution in [2.24, 2.45) is 0 Å². The van der Waals surface area contributed by atoms with E-state index < -0.39 is 0 Å². The molecule has 0 unspecified atom stereocenters. The fourth-order valence-corrected chi connectivity index (χ4v) is 4.54. The van der Waals surface area contributed by atoms with E-state index in [9.17, 15) is 9.59 Å². The van der Waals surface area contributed by atoms with Crippen LogP contribution in [0.2, 0.25) is 0 Å². The first kappa shape index (κ1) is 17.3. The van der Waals surface area contributed by atoms with Gasteiger partial charge in [0.05, 0.1) is 11.0 Å². The summed E-state index contributed by atoms with van der Waals surface area (Å²) in [6.45, 7) is 2.30. The summed E-state index contributed by atoms with van der Waals surface area (Å²) >= 11 is 0. The molecule has 0 bridgehead atoms. The number of hydrogen-bond donors (Lipinski definition) is 3. The van der Waals surface area contributed by atoms with Crippen LogP contribution in [0.25, 0.3) is 11.0 Å². The third-order valence-electron chi connectivity index (χ3n) is 6.02. The van der Waals surface area contributed by atoms with Gasteiger partial charge in [-0.1, -0.05) is 31.0 Å². The van der Waals surface area contributed by atoms with E-state index in [0.717, 1.165) is 42.5 Å². The molecule has 144 valence electrons. The minimum absolute atomic E-state index is 0.0776. The molecule has 28 heavy (non-hydrogen) atoms. The fraction of sp³-hybridized carbons (Fsp3) is 0.364. The van der Waals surface area contributed by atoms with Gasteiger partial charge in [-0.3, -0.25) is 9.36 Å². The molecule has 6 heteroatoms. The molecule has 1 aliphatic carbocycles. The van der Waals surface area contributed by atoms with Gasteiger partial charge >= 0.3 is 5.69 Å². The third-order valence-corrected chi connectivity index (χ3v) is 6.02. The minimum Gasteiger partial charge on any atom is -0.348 e. The summed E-state index contributed by atoms with van der Waals surface area (Å²) in [7, 11) is 0. The molecular formula is C22H24N4O2. The highest BCUT2D eigenvalue weighted by molar-refractivity contribution is 5.97. The number of aromatic amines is 1. The minimum atomic E-state index is -0.130. The molecule has 5 rings (SSSR count). The van der Waals surface area contributed by atoms with Crippen molar-refractivity contribution >= 4 is 16.9 Å². The highest BCUT2D eigenvalue weighted by Crippen LogP contribution is 2.30. The largest absolute Gasteiger partial charge is 0.348 e. The van der Waals surface area contributed by atoms with Gasteiger partial charge in [0.15, 0.2) is 0 Å². The number of amides is 1. The number of nitrogens with one attached hydrogen (secondary N) is 3. The second-order valence-corrected chi connectivity index (χ2v) is 7.86. The monoisotopic (exact) mass is 376 g/mol. The summed E-state index contributed by atoms with van der Waals surface area (Å²) in [5, 5.41) is 6.32. The lowest BCUT2D eigenvalue weighted by molar-refractivity contribution is 0.0951. The molecule has 1 aromatic heterocycles. The lowest BCUT2D eigenvalue weighted by Crippen LogP contribution is -2.22. The zero-order valence-corrected chi connectivity index (χ0v) is 15.8. The van der Waals surface area contributed by atoms with E-state index in [0.29, 0.717) is 12.1 Å². The van der Waals surface area contributed by atoms with Crippen LogP contribution in [-0.2, 0) is 19.6 Å². The second kappa shape index (κ2) is 6.95. The molecule has 6 nitrogen and oxygen atoms in total. The van der Waals surface area contributed by atoms with Crippen LogP contribution in [0.5, 0.6) is 0 Å². The first-order valence-electron chi connectivity index (χ1n) is 10.0. The van der Waals surface area contributed by atoms with Crippen LogP contribution in [-0.4, -0.2) is 15.5 Å². The van der Waals surface area contributed by atoms with E-state index in [1.54, 1.807) is 6.07 Å². The molecule has 1 aliphatic heterocycles. The number of rotatable bonds is 4. The summed E-state index contributed by atoms with van der Waals surface area (Å²) in [6.07, 6.45) is 4.43. The molecule has 0 atom stereocenters. The Balaban J connectivity index is 1.34. The summed E-state index contributed by atoms with van der Waals surface area (Å²) in [5.41, 5.74) is 5.84. The van der Waals surface area contributed by atoms with Gasteiger partial charge in [0.2, 0.25) is 0 Å². The van der Waals surface area contributed by atoms with Gasteiger partial charge in [-0.15, -0.1) is 0 Å². The first-order valence-corrected chi connectivity index (χ1v) is 10.0. The van der Waals surface area contributed by atoms with Gasteiger partial charge in [0.25, 0.3) is 5.91 Å². The summed E-state index contributed by atoms with van der Waals surface area (Å²) < 4.78 is 1.86. The third kappa shape index (κ3) is 3.03. The van der Waals surface area contributed by atoms with E-state index in [1.807, 2.05) is 16.7 Å². The first-order chi connectivity index (χ1) is 13.7. The van der Waals surface area contributed by atoms with Crippen molar-refractivity contribution in [1.29, 1.82) is 0 Å². The molecule has 2 aromatic carbocycles. The number of fused-ring (bicyclic) bond motifs is 2. The van der Waals surface area contributed by atoms with Crippen LogP contribution in [0.1, 0.15) is 58.8 Å². The highest BCUT2D eigenvalue weighted by Gasteiger charge is 2.21. The molecule has 2 heterocycles. The lowest BCUT2D eigenvalue weighted by atomic mass is 10.1. The Hall–Kier alpha value is -2.86. The molecule has 3 N–H and O–H groups in total. The van der Waals surface area contributed by atoms with Gasteiger partial charge in [-0.25, -0.2) is 4.79 Å². The highest BCUT2D eigenvalue weighted by atomic mass is 16.2. The Bertz CT molecular complexity index is 1110. The second-order valence-electron chi connectivity index (χ2n) is 7.86. The van der Waals surface area contributed by atoms with E-state index >= 15 is 0 Å². The van der Waals surface area contributed by atoms with Gasteiger partial charge in [-0.2, -0.15) is 0 Å². The SMILES string of the molecule is O=C(NCc1ccc2c(c1)CNC2)c1ccc2c(c1)[nH]c(=O)n2C1CCCC1. The molecule has 1 amide bonds. The number of carbonyl (C=O) groups excluding carboxylic acids is 1. The summed E-state index contributed by atoms with van der Waals surface area (Å²) in [6, 6.07) is 12.1. The number of imidazole rings is 1. The maximum absolute atomic E-state index is 12.6. The molecule has 0 radical (unpaired) electrons. The normalized spacial score (nSPS) is 16.6. The Kier molecular flexibility index (Phi) is 4.28. The predicted octanol–water partition coefficient (Wildman–Crippen LogP) is 2.98. The smallest absolute Gasteiger partial charge is 0.326 e. The maximum atomic E-state index is 12.6. The van der Waals surface area contributed by atoms with Crippen LogP contribution in [0.15, 0.2) is 41.2 Å². The van der Waals surface area contributed by atoms with Gasteiger partial charge in [0, 0.05) is 31.2 Å². The van der Waals surface area contributed by atoms with Gasteiger partial charge < -0.3 is 15.6 Å². The number of nitrogens with zero attached hydrogens (tertiary/aromatic N) is 1. The van der Waals surface area contributed by atoms with Gasteiger partial charge in [0.1, 0.15) is 0 Å². The molecule has 0 spiro atoms. The van der Waals surface area contributed by atoms with Gasteiger partial charge in [-0.05, 0) is 47.7 Å². The molecule has 2 aliphatic rings. The standard InChI is InChI=1S/C22H24N4O2/c27-21(24-11-14-5-6-16-12-23-13-17(16)9-14)15-7-8-20-19(10-15)25-22(28)26(20)18-3-1-2-4-18/h5-10,18,23H,1-4,11-13H2,(H,24,27)(H,25,28). The Morgan fingerprint density at radius 3 is 2.75 bits per heavy atom. The van der Waals surface area contributed by atoms with Crippen LogP contribution in [0.4, 0.5) is 0 Å². The van der Waals surface area contributed by atoms with Crippen molar-refractivity contribution in [2.45, 2.75) is 51.4 Å². The summed E-state index contributed by atoms with van der Waals surface area (Å²) in [4.78, 5) is 28.0. The molecular weight excluding hydrogens is 352 g/mol. The van der Waals surface area contributed by atoms with Crippen molar-refractivity contribution < 1.29 is 4.79 Å². The summed E-state index contributed by atoms with van der Waals surface area (Å²) in [5.74, 6) is -0.130. The van der Waals surface area contributed by atoms with Crippen molar-refractivity contribution in [3.63, 3.8) is 0 Å². The predicted molar refractivity (Wildman–Crippen MR) is 108 cm³/mol. The van der Waals surface area contributed by atoms with Crippen molar-refractivity contribution in [3.8, 4) is 0 Å². The number of hydrogen-bond acceptors (Lipinski definition) is 3. The van der Waals surface area contributed by atoms with Crippen molar-refractivity contribution in [2.75, 3.05) is 0 Å². The Labute approximate surface area is 163 Å². The number of aromatic nitrogens is 2. The quantitative estimate of drug-likeness (QED) is 0.655. The fourth-order valence-electron chi connectivity index (χ4n) is 4.54. The van der Waals surface area contributed by atoms with Crippen molar-refractivity contribution in [1.82, 2.24) is 20.2 Å². The zero-order chi connectivity index (χ0) is 19.1. The van der Waals surface area contributed by atoms with Crippen LogP contribution >= 0.6 is 0 Å². The Morgan fingerprint density at radius 1 is 1.07 bits per heavy atom. The van der Waals surface area contributed by atoms with E-state index in [4.69, 9.17) is 0 Å². The number of benzene rings is 2. The topological polar surface area (TPSA) is 78.9 Å². The number of carbonyl (C=O) groups is 1. The maximum Gasteiger partial charge on any atom is 0.326 e. The van der Waals surface area contributed by atoms with E-state index in [-0.39, 0.29) is 17.6 Å². The average Bonchev–Trinajstić information content (AvgIpc) is 3.43. The molecule has 3 aromatic rings. The Morgan fingerprint density at radius 2 is 1.89 bits per heavy atom. The molecule has 1 saturated carbocycles. The van der Waals surface area contributed by atoms with Crippen LogP contribution < -0.4 is 16.3 Å². The molecule has 0 saturated heterocycles. The van der Waals surface area contributed by atoms with Crippen LogP contribution in [0.3, 0.4) is 0 Å². The molecule has 1 fully saturated rings.